The zero-order valence-corrected chi connectivity index (χ0v) is 8.77. The fourth-order valence-corrected chi connectivity index (χ4v) is 1.48. The lowest BCUT2D eigenvalue weighted by Gasteiger charge is -2.17. The molecule has 15 heavy (non-hydrogen) atoms. The second kappa shape index (κ2) is 4.42. The van der Waals surface area contributed by atoms with Gasteiger partial charge in [-0.1, -0.05) is 23.8 Å². The molecule has 0 aliphatic heterocycles. The third kappa shape index (κ3) is 2.55. The van der Waals surface area contributed by atoms with E-state index in [9.17, 15) is 15.0 Å². The van der Waals surface area contributed by atoms with Gasteiger partial charge in [0.25, 0.3) is 0 Å². The molecule has 0 radical (unpaired) electrons. The van der Waals surface area contributed by atoms with E-state index >= 15 is 0 Å². The Morgan fingerprint density at radius 3 is 2.40 bits per heavy atom. The Morgan fingerprint density at radius 1 is 1.33 bits per heavy atom. The van der Waals surface area contributed by atoms with Gasteiger partial charge in [-0.05, 0) is 25.0 Å². The molecule has 1 amide bonds. The third-order valence-corrected chi connectivity index (χ3v) is 2.33. The van der Waals surface area contributed by atoms with E-state index in [0.717, 1.165) is 11.1 Å². The van der Waals surface area contributed by atoms with Gasteiger partial charge in [-0.2, -0.15) is 0 Å². The third-order valence-electron chi connectivity index (χ3n) is 2.33. The van der Waals surface area contributed by atoms with E-state index in [1.54, 1.807) is 19.1 Å². The summed E-state index contributed by atoms with van der Waals surface area (Å²) in [4.78, 5) is 10.7. The first-order chi connectivity index (χ1) is 6.93. The predicted molar refractivity (Wildman–Crippen MR) is 56.1 cm³/mol. The van der Waals surface area contributed by atoms with Crippen molar-refractivity contribution in [1.82, 2.24) is 0 Å². The Labute approximate surface area is 88.3 Å². The number of hydrogen-bond acceptors (Lipinski definition) is 3. The van der Waals surface area contributed by atoms with Crippen LogP contribution in [-0.4, -0.2) is 22.2 Å². The molecule has 1 rings (SSSR count). The van der Waals surface area contributed by atoms with E-state index < -0.39 is 18.1 Å². The summed E-state index contributed by atoms with van der Waals surface area (Å²) in [5.41, 5.74) is 7.30. The number of benzene rings is 1. The predicted octanol–water partition coefficient (Wildman–Crippen LogP) is 0.183. The lowest BCUT2D eigenvalue weighted by atomic mass is 9.97. The van der Waals surface area contributed by atoms with E-state index in [-0.39, 0.29) is 0 Å². The van der Waals surface area contributed by atoms with E-state index in [0.29, 0.717) is 5.56 Å². The van der Waals surface area contributed by atoms with E-state index in [2.05, 4.69) is 0 Å². The number of aliphatic hydroxyl groups excluding tert-OH is 2. The standard InChI is InChI=1S/C11H15NO3/c1-6-3-4-8(7(2)5-6)9(13)10(14)11(12)15/h3-5,9-10,13-14H,1-2H3,(H2,12,15). The van der Waals surface area contributed by atoms with E-state index in [1.807, 2.05) is 13.0 Å². The summed E-state index contributed by atoms with van der Waals surface area (Å²) < 4.78 is 0. The van der Waals surface area contributed by atoms with Crippen LogP contribution in [0.1, 0.15) is 22.8 Å². The van der Waals surface area contributed by atoms with Crippen LogP contribution in [0.25, 0.3) is 0 Å². The normalized spacial score (nSPS) is 14.7. The number of nitrogens with two attached hydrogens (primary N) is 1. The summed E-state index contributed by atoms with van der Waals surface area (Å²) in [6.45, 7) is 3.73. The van der Waals surface area contributed by atoms with Gasteiger partial charge in [0.15, 0.2) is 6.10 Å². The van der Waals surface area contributed by atoms with E-state index in [1.165, 1.54) is 0 Å². The summed E-state index contributed by atoms with van der Waals surface area (Å²) in [5, 5.41) is 19.0. The van der Waals surface area contributed by atoms with Crippen LogP contribution in [0.3, 0.4) is 0 Å². The molecular weight excluding hydrogens is 194 g/mol. The lowest BCUT2D eigenvalue weighted by Crippen LogP contribution is -2.34. The second-order valence-corrected chi connectivity index (χ2v) is 3.65. The molecule has 0 aromatic heterocycles. The highest BCUT2D eigenvalue weighted by atomic mass is 16.3. The van der Waals surface area contributed by atoms with Gasteiger partial charge in [0.05, 0.1) is 0 Å². The van der Waals surface area contributed by atoms with Crippen molar-refractivity contribution in [3.05, 3.63) is 34.9 Å². The minimum absolute atomic E-state index is 0.520. The maximum absolute atomic E-state index is 10.7. The smallest absolute Gasteiger partial charge is 0.249 e. The molecule has 0 aliphatic rings. The Hall–Kier alpha value is -1.39. The molecule has 2 atom stereocenters. The number of hydrogen-bond donors (Lipinski definition) is 3. The Kier molecular flexibility index (Phi) is 3.44. The fraction of sp³-hybridized carbons (Fsp3) is 0.364. The maximum Gasteiger partial charge on any atom is 0.249 e. The number of primary amides is 1. The van der Waals surface area contributed by atoms with Crippen LogP contribution < -0.4 is 5.73 Å². The zero-order chi connectivity index (χ0) is 11.6. The molecule has 4 heteroatoms. The number of carbonyl (C=O) groups is 1. The first kappa shape index (κ1) is 11.7. The summed E-state index contributed by atoms with van der Waals surface area (Å²) in [7, 11) is 0. The van der Waals surface area contributed by atoms with E-state index in [4.69, 9.17) is 5.73 Å². The average molecular weight is 209 g/mol. The molecule has 0 bridgehead atoms. The van der Waals surface area contributed by atoms with Gasteiger partial charge >= 0.3 is 0 Å². The van der Waals surface area contributed by atoms with Gasteiger partial charge < -0.3 is 15.9 Å². The monoisotopic (exact) mass is 209 g/mol. The van der Waals surface area contributed by atoms with Crippen LogP contribution in [0.15, 0.2) is 18.2 Å². The molecule has 0 saturated carbocycles. The number of aryl methyl sites for hydroxylation is 2. The molecule has 0 aliphatic carbocycles. The Balaban J connectivity index is 3.01. The van der Waals surface area contributed by atoms with Crippen LogP contribution in [0.5, 0.6) is 0 Å². The molecule has 2 unspecified atom stereocenters. The first-order valence-electron chi connectivity index (χ1n) is 4.66. The van der Waals surface area contributed by atoms with Crippen molar-refractivity contribution in [2.24, 2.45) is 5.73 Å². The fourth-order valence-electron chi connectivity index (χ4n) is 1.48. The van der Waals surface area contributed by atoms with Gasteiger partial charge in [-0.15, -0.1) is 0 Å². The highest BCUT2D eigenvalue weighted by Gasteiger charge is 2.24. The molecule has 4 nitrogen and oxygen atoms in total. The van der Waals surface area contributed by atoms with Crippen molar-refractivity contribution < 1.29 is 15.0 Å². The minimum atomic E-state index is -1.56. The largest absolute Gasteiger partial charge is 0.385 e. The van der Waals surface area contributed by atoms with Crippen LogP contribution in [0.2, 0.25) is 0 Å². The van der Waals surface area contributed by atoms with Crippen LogP contribution in [0.4, 0.5) is 0 Å². The van der Waals surface area contributed by atoms with Gasteiger partial charge in [0.1, 0.15) is 6.10 Å². The van der Waals surface area contributed by atoms with Gasteiger partial charge in [-0.3, -0.25) is 4.79 Å². The number of aliphatic hydroxyl groups is 2. The lowest BCUT2D eigenvalue weighted by molar-refractivity contribution is -0.131. The molecule has 1 aromatic carbocycles. The summed E-state index contributed by atoms with van der Waals surface area (Å²) in [6.07, 6.45) is -2.82. The molecule has 0 spiro atoms. The SMILES string of the molecule is Cc1ccc(C(O)C(O)C(N)=O)c(C)c1. The van der Waals surface area contributed by atoms with Crippen molar-refractivity contribution in [1.29, 1.82) is 0 Å². The quantitative estimate of drug-likeness (QED) is 0.664. The Morgan fingerprint density at radius 2 is 1.93 bits per heavy atom. The molecule has 0 saturated heterocycles. The number of rotatable bonds is 3. The zero-order valence-electron chi connectivity index (χ0n) is 8.77. The van der Waals surface area contributed by atoms with Crippen molar-refractivity contribution in [3.63, 3.8) is 0 Å². The summed E-state index contributed by atoms with van der Waals surface area (Å²) in [6, 6.07) is 5.35. The van der Waals surface area contributed by atoms with Crippen molar-refractivity contribution in [2.75, 3.05) is 0 Å². The average Bonchev–Trinajstić information content (AvgIpc) is 2.15. The highest BCUT2D eigenvalue weighted by Crippen LogP contribution is 2.21. The topological polar surface area (TPSA) is 83.6 Å². The molecule has 1 aromatic rings. The molecule has 0 heterocycles. The van der Waals surface area contributed by atoms with Gasteiger partial charge in [-0.25, -0.2) is 0 Å². The summed E-state index contributed by atoms with van der Waals surface area (Å²) >= 11 is 0. The second-order valence-electron chi connectivity index (χ2n) is 3.65. The molecular formula is C11H15NO3. The maximum atomic E-state index is 10.7. The van der Waals surface area contributed by atoms with Gasteiger partial charge in [0.2, 0.25) is 5.91 Å². The molecule has 0 fully saturated rings. The van der Waals surface area contributed by atoms with Gasteiger partial charge in [0, 0.05) is 0 Å². The number of carbonyl (C=O) groups excluding carboxylic acids is 1. The summed E-state index contributed by atoms with van der Waals surface area (Å²) in [5.74, 6) is -0.928. The first-order valence-corrected chi connectivity index (χ1v) is 4.66. The molecule has 4 N–H and O–H groups in total. The number of amides is 1. The van der Waals surface area contributed by atoms with Crippen molar-refractivity contribution >= 4 is 5.91 Å². The Bertz CT molecular complexity index is 376. The minimum Gasteiger partial charge on any atom is -0.385 e. The van der Waals surface area contributed by atoms with Crippen LogP contribution >= 0.6 is 0 Å². The molecule has 82 valence electrons. The van der Waals surface area contributed by atoms with Crippen LogP contribution in [-0.2, 0) is 4.79 Å². The van der Waals surface area contributed by atoms with Crippen molar-refractivity contribution in [2.45, 2.75) is 26.1 Å². The van der Waals surface area contributed by atoms with Crippen LogP contribution in [0, 0.1) is 13.8 Å². The van der Waals surface area contributed by atoms with Crippen molar-refractivity contribution in [3.8, 4) is 0 Å². The highest BCUT2D eigenvalue weighted by molar-refractivity contribution is 5.79.